The van der Waals surface area contributed by atoms with Gasteiger partial charge in [-0.15, -0.1) is 5.10 Å². The lowest BCUT2D eigenvalue weighted by Gasteiger charge is -2.14. The van der Waals surface area contributed by atoms with Crippen molar-refractivity contribution in [3.63, 3.8) is 0 Å². The molecule has 4 heterocycles. The maximum atomic E-state index is 9.70. The molecule has 3 N–H and O–H groups in total. The number of anilines is 2. The van der Waals surface area contributed by atoms with Crippen molar-refractivity contribution < 1.29 is 9.84 Å². The number of nitrogens with zero attached hydrogens (tertiary/aromatic N) is 6. The third kappa shape index (κ3) is 5.07. The van der Waals surface area contributed by atoms with Gasteiger partial charge in [-0.05, 0) is 69.2 Å². The van der Waals surface area contributed by atoms with Crippen molar-refractivity contribution >= 4 is 22.5 Å². The van der Waals surface area contributed by atoms with Crippen LogP contribution < -0.4 is 5.32 Å². The van der Waals surface area contributed by atoms with Gasteiger partial charge >= 0.3 is 0 Å². The van der Waals surface area contributed by atoms with Gasteiger partial charge in [-0.3, -0.25) is 9.67 Å². The number of methoxy groups -OCH3 is 1. The van der Waals surface area contributed by atoms with Gasteiger partial charge in [0.05, 0.1) is 34.2 Å². The molecule has 0 amide bonds. The first kappa shape index (κ1) is 24.5. The monoisotopic (exact) mass is 498 g/mol. The number of ether oxygens (including phenoxy) is 1. The van der Waals surface area contributed by atoms with Crippen molar-refractivity contribution in [2.45, 2.75) is 39.7 Å². The van der Waals surface area contributed by atoms with Crippen molar-refractivity contribution in [3.05, 3.63) is 71.4 Å². The number of hydrogen-bond donors (Lipinski definition) is 3. The first-order valence-electron chi connectivity index (χ1n) is 12.2. The van der Waals surface area contributed by atoms with Crippen molar-refractivity contribution in [3.8, 4) is 17.1 Å². The molecule has 5 rings (SSSR count). The van der Waals surface area contributed by atoms with Gasteiger partial charge in [0, 0.05) is 37.1 Å². The number of fused-ring (bicyclic) bond motifs is 1. The van der Waals surface area contributed by atoms with Gasteiger partial charge in [0.1, 0.15) is 12.1 Å². The third-order valence-electron chi connectivity index (χ3n) is 6.35. The second kappa shape index (κ2) is 10.5. The summed E-state index contributed by atoms with van der Waals surface area (Å²) < 4.78 is 7.44. The SMILES string of the molecule is CO[C@@H](C)Cc1n[nH]c(C)c1-c1nc(-n2cnc3cc(Nc4ccc(C)nn4)ccc32)ccc1CCO. The van der Waals surface area contributed by atoms with E-state index in [0.717, 1.165) is 56.4 Å². The van der Waals surface area contributed by atoms with E-state index in [4.69, 9.17) is 9.72 Å². The van der Waals surface area contributed by atoms with Crippen molar-refractivity contribution in [2.24, 2.45) is 0 Å². The van der Waals surface area contributed by atoms with Crippen LogP contribution in [0.15, 0.2) is 48.8 Å². The number of pyridine rings is 1. The molecule has 1 aromatic carbocycles. The standard InChI is InChI=1S/C27H30N8O2/c1-16-5-9-24(34-31-16)29-20-7-8-23-21(14-20)28-15-35(23)25-10-6-19(11-12-36)27(30-25)26-18(3)32-33-22(26)13-17(2)37-4/h5-10,14-15,17,36H,11-13H2,1-4H3,(H,29,34)(H,32,33)/t17-/m0/s1. The highest BCUT2D eigenvalue weighted by molar-refractivity contribution is 5.82. The minimum absolute atomic E-state index is 0.0113. The molecule has 37 heavy (non-hydrogen) atoms. The molecule has 0 bridgehead atoms. The average Bonchev–Trinajstić information content (AvgIpc) is 3.48. The summed E-state index contributed by atoms with van der Waals surface area (Å²) in [6.07, 6.45) is 2.93. The zero-order chi connectivity index (χ0) is 25.9. The number of aliphatic hydroxyl groups is 1. The number of aliphatic hydroxyl groups excluding tert-OH is 1. The van der Waals surface area contributed by atoms with Gasteiger partial charge in [-0.2, -0.15) is 10.2 Å². The van der Waals surface area contributed by atoms with E-state index in [-0.39, 0.29) is 12.7 Å². The lowest BCUT2D eigenvalue weighted by molar-refractivity contribution is 0.118. The Morgan fingerprint density at radius 1 is 1.11 bits per heavy atom. The van der Waals surface area contributed by atoms with Crippen LogP contribution in [0.2, 0.25) is 0 Å². The lowest BCUT2D eigenvalue weighted by atomic mass is 9.99. The van der Waals surface area contributed by atoms with Gasteiger partial charge in [0.25, 0.3) is 0 Å². The second-order valence-corrected chi connectivity index (χ2v) is 9.07. The van der Waals surface area contributed by atoms with E-state index >= 15 is 0 Å². The van der Waals surface area contributed by atoms with E-state index < -0.39 is 0 Å². The molecular weight excluding hydrogens is 468 g/mol. The Hall–Kier alpha value is -4.15. The van der Waals surface area contributed by atoms with Crippen LogP contribution in [0.4, 0.5) is 11.5 Å². The molecule has 4 aromatic heterocycles. The third-order valence-corrected chi connectivity index (χ3v) is 6.35. The van der Waals surface area contributed by atoms with Crippen molar-refractivity contribution in [1.82, 2.24) is 34.9 Å². The molecule has 0 aliphatic rings. The summed E-state index contributed by atoms with van der Waals surface area (Å²) in [7, 11) is 1.69. The van der Waals surface area contributed by atoms with Gasteiger partial charge in [0.15, 0.2) is 5.82 Å². The molecule has 0 saturated carbocycles. The molecule has 0 aliphatic carbocycles. The highest BCUT2D eigenvalue weighted by Crippen LogP contribution is 2.31. The molecule has 0 radical (unpaired) electrons. The maximum absolute atomic E-state index is 9.70. The summed E-state index contributed by atoms with van der Waals surface area (Å²) in [4.78, 5) is 9.68. The Morgan fingerprint density at radius 2 is 1.97 bits per heavy atom. The summed E-state index contributed by atoms with van der Waals surface area (Å²) in [5.74, 6) is 1.40. The Bertz CT molecular complexity index is 1520. The molecule has 0 saturated heterocycles. The fourth-order valence-corrected chi connectivity index (χ4v) is 4.33. The Morgan fingerprint density at radius 3 is 2.73 bits per heavy atom. The number of aryl methyl sites for hydroxylation is 2. The highest BCUT2D eigenvalue weighted by Gasteiger charge is 2.20. The summed E-state index contributed by atoms with van der Waals surface area (Å²) >= 11 is 0. The topological polar surface area (TPSA) is 127 Å². The summed E-state index contributed by atoms with van der Waals surface area (Å²) in [5.41, 5.74) is 7.99. The predicted octanol–water partition coefficient (Wildman–Crippen LogP) is 4.07. The zero-order valence-electron chi connectivity index (χ0n) is 21.4. The predicted molar refractivity (Wildman–Crippen MR) is 142 cm³/mol. The molecule has 5 aromatic rings. The quantitative estimate of drug-likeness (QED) is 0.278. The average molecular weight is 499 g/mol. The van der Waals surface area contributed by atoms with Crippen LogP contribution in [-0.4, -0.2) is 59.9 Å². The van der Waals surface area contributed by atoms with Gasteiger partial charge in [0.2, 0.25) is 0 Å². The molecule has 10 nitrogen and oxygen atoms in total. The first-order valence-corrected chi connectivity index (χ1v) is 12.2. The van der Waals surface area contributed by atoms with Crippen LogP contribution in [0.3, 0.4) is 0 Å². The smallest absolute Gasteiger partial charge is 0.153 e. The van der Waals surface area contributed by atoms with E-state index in [0.29, 0.717) is 18.7 Å². The highest BCUT2D eigenvalue weighted by atomic mass is 16.5. The number of imidazole rings is 1. The molecule has 1 atom stereocenters. The van der Waals surface area contributed by atoms with Crippen molar-refractivity contribution in [2.75, 3.05) is 19.0 Å². The summed E-state index contributed by atoms with van der Waals surface area (Å²) in [5, 5.41) is 28.9. The molecule has 0 spiro atoms. The van der Waals surface area contributed by atoms with Gasteiger partial charge in [-0.1, -0.05) is 6.07 Å². The summed E-state index contributed by atoms with van der Waals surface area (Å²) in [6.45, 7) is 5.93. The van der Waals surface area contributed by atoms with Gasteiger partial charge < -0.3 is 15.2 Å². The van der Waals surface area contributed by atoms with E-state index in [1.54, 1.807) is 13.4 Å². The van der Waals surface area contributed by atoms with Crippen LogP contribution in [0.1, 0.15) is 29.6 Å². The fourth-order valence-electron chi connectivity index (χ4n) is 4.33. The molecular formula is C27H30N8O2. The number of aromatic nitrogens is 7. The van der Waals surface area contributed by atoms with Crippen LogP contribution in [-0.2, 0) is 17.6 Å². The second-order valence-electron chi connectivity index (χ2n) is 9.07. The van der Waals surface area contributed by atoms with E-state index in [1.807, 2.05) is 67.8 Å². The van der Waals surface area contributed by atoms with E-state index in [1.165, 1.54) is 0 Å². The molecule has 190 valence electrons. The number of benzene rings is 1. The lowest BCUT2D eigenvalue weighted by Crippen LogP contribution is -2.10. The Labute approximate surface area is 214 Å². The number of hydrogen-bond acceptors (Lipinski definition) is 8. The molecule has 0 fully saturated rings. The summed E-state index contributed by atoms with van der Waals surface area (Å²) in [6, 6.07) is 13.7. The normalized spacial score (nSPS) is 12.2. The number of nitrogens with one attached hydrogen (secondary N) is 2. The number of H-pyrrole nitrogens is 1. The van der Waals surface area contributed by atoms with E-state index in [9.17, 15) is 5.11 Å². The van der Waals surface area contributed by atoms with Crippen LogP contribution in [0.25, 0.3) is 28.1 Å². The Kier molecular flexibility index (Phi) is 6.93. The molecule has 10 heteroatoms. The minimum atomic E-state index is 0.0113. The molecule has 0 unspecified atom stereocenters. The van der Waals surface area contributed by atoms with Gasteiger partial charge in [-0.25, -0.2) is 9.97 Å². The largest absolute Gasteiger partial charge is 0.396 e. The minimum Gasteiger partial charge on any atom is -0.396 e. The van der Waals surface area contributed by atoms with E-state index in [2.05, 4.69) is 30.7 Å². The van der Waals surface area contributed by atoms with Crippen molar-refractivity contribution in [1.29, 1.82) is 0 Å². The molecule has 0 aliphatic heterocycles. The zero-order valence-corrected chi connectivity index (χ0v) is 21.4. The fraction of sp³-hybridized carbons (Fsp3) is 0.296. The van der Waals surface area contributed by atoms with Crippen LogP contribution in [0, 0.1) is 13.8 Å². The van der Waals surface area contributed by atoms with Crippen LogP contribution >= 0.6 is 0 Å². The Balaban J connectivity index is 1.53. The number of rotatable bonds is 9. The number of aromatic amines is 1. The maximum Gasteiger partial charge on any atom is 0.153 e. The van der Waals surface area contributed by atoms with Crippen LogP contribution in [0.5, 0.6) is 0 Å². The first-order chi connectivity index (χ1) is 18.0.